The summed E-state index contributed by atoms with van der Waals surface area (Å²) in [5, 5.41) is 21.9. The summed E-state index contributed by atoms with van der Waals surface area (Å²) in [5.41, 5.74) is 0.143. The van der Waals surface area contributed by atoms with Gasteiger partial charge in [-0.25, -0.2) is 0 Å². The maximum Gasteiger partial charge on any atom is 0.231 e. The van der Waals surface area contributed by atoms with E-state index < -0.39 is 5.60 Å². The fraction of sp³-hybridized carbons (Fsp3) is 0.600. The summed E-state index contributed by atoms with van der Waals surface area (Å²) in [6, 6.07) is 6.26. The van der Waals surface area contributed by atoms with Gasteiger partial charge >= 0.3 is 0 Å². The average Bonchev–Trinajstić information content (AvgIpc) is 2.90. The predicted octanol–water partition coefficient (Wildman–Crippen LogP) is 1.07. The summed E-state index contributed by atoms with van der Waals surface area (Å²) >= 11 is 0. The van der Waals surface area contributed by atoms with Crippen molar-refractivity contribution in [1.29, 1.82) is 0 Å². The molecule has 1 aliphatic heterocycles. The predicted molar refractivity (Wildman–Crippen MR) is 76.1 cm³/mol. The molecular weight excluding hydrogens is 258 g/mol. The first-order valence-corrected chi connectivity index (χ1v) is 6.95. The fourth-order valence-corrected chi connectivity index (χ4v) is 2.03. The molecule has 2 rings (SSSR count). The molecule has 1 aromatic carbocycles. The molecule has 0 fully saturated rings. The van der Waals surface area contributed by atoms with Crippen molar-refractivity contribution in [2.75, 3.05) is 19.9 Å². The van der Waals surface area contributed by atoms with E-state index in [1.54, 1.807) is 6.92 Å². The van der Waals surface area contributed by atoms with E-state index in [0.717, 1.165) is 24.3 Å². The van der Waals surface area contributed by atoms with E-state index >= 15 is 0 Å². The van der Waals surface area contributed by atoms with E-state index in [4.69, 9.17) is 14.6 Å². The van der Waals surface area contributed by atoms with Gasteiger partial charge in [0.1, 0.15) is 0 Å². The molecule has 5 nitrogen and oxygen atoms in total. The van der Waals surface area contributed by atoms with Crippen molar-refractivity contribution in [3.05, 3.63) is 23.8 Å². The van der Waals surface area contributed by atoms with Crippen LogP contribution in [-0.2, 0) is 6.42 Å². The van der Waals surface area contributed by atoms with E-state index in [0.29, 0.717) is 13.3 Å². The summed E-state index contributed by atoms with van der Waals surface area (Å²) < 4.78 is 10.6. The Balaban J connectivity index is 1.77. The number of hydrogen-bond donors (Lipinski definition) is 3. The third-order valence-corrected chi connectivity index (χ3v) is 3.47. The van der Waals surface area contributed by atoms with Gasteiger partial charge in [-0.2, -0.15) is 0 Å². The number of benzene rings is 1. The number of aliphatic hydroxyl groups is 2. The molecule has 0 aliphatic carbocycles. The van der Waals surface area contributed by atoms with Gasteiger partial charge in [0, 0.05) is 12.6 Å². The topological polar surface area (TPSA) is 71.0 Å². The van der Waals surface area contributed by atoms with E-state index in [2.05, 4.69) is 12.2 Å². The third kappa shape index (κ3) is 4.10. The Morgan fingerprint density at radius 1 is 1.35 bits per heavy atom. The molecule has 0 spiro atoms. The summed E-state index contributed by atoms with van der Waals surface area (Å²) in [4.78, 5) is 0. The summed E-state index contributed by atoms with van der Waals surface area (Å²) in [6.07, 6.45) is 1.87. The highest BCUT2D eigenvalue weighted by Gasteiger charge is 2.19. The summed E-state index contributed by atoms with van der Waals surface area (Å²) in [5.74, 6) is 1.62. The molecule has 2 atom stereocenters. The highest BCUT2D eigenvalue weighted by molar-refractivity contribution is 5.44. The molecule has 0 radical (unpaired) electrons. The number of fused-ring (bicyclic) bond motifs is 1. The number of rotatable bonds is 7. The first-order chi connectivity index (χ1) is 9.50. The smallest absolute Gasteiger partial charge is 0.231 e. The lowest BCUT2D eigenvalue weighted by Crippen LogP contribution is -2.44. The van der Waals surface area contributed by atoms with Crippen LogP contribution in [0.3, 0.4) is 0 Å². The summed E-state index contributed by atoms with van der Waals surface area (Å²) in [6.45, 7) is 4.12. The summed E-state index contributed by atoms with van der Waals surface area (Å²) in [7, 11) is 0. The molecule has 0 saturated heterocycles. The Labute approximate surface area is 119 Å². The van der Waals surface area contributed by atoms with Gasteiger partial charge in [0.15, 0.2) is 11.5 Å². The van der Waals surface area contributed by atoms with Gasteiger partial charge in [-0.1, -0.05) is 6.07 Å². The second-order valence-electron chi connectivity index (χ2n) is 5.66. The molecule has 1 heterocycles. The van der Waals surface area contributed by atoms with Crippen LogP contribution in [0.1, 0.15) is 25.8 Å². The van der Waals surface area contributed by atoms with Crippen LogP contribution in [0.2, 0.25) is 0 Å². The van der Waals surface area contributed by atoms with Gasteiger partial charge in [0.05, 0.1) is 12.2 Å². The highest BCUT2D eigenvalue weighted by Crippen LogP contribution is 2.32. The molecule has 20 heavy (non-hydrogen) atoms. The number of hydrogen-bond acceptors (Lipinski definition) is 5. The second kappa shape index (κ2) is 6.43. The van der Waals surface area contributed by atoms with Crippen LogP contribution < -0.4 is 14.8 Å². The van der Waals surface area contributed by atoms with Crippen LogP contribution in [0.4, 0.5) is 0 Å². The van der Waals surface area contributed by atoms with Gasteiger partial charge in [-0.05, 0) is 44.4 Å². The Hall–Kier alpha value is -1.30. The normalized spacial score (nSPS) is 17.8. The largest absolute Gasteiger partial charge is 0.454 e. The van der Waals surface area contributed by atoms with Crippen LogP contribution in [-0.4, -0.2) is 41.8 Å². The molecule has 3 N–H and O–H groups in total. The Kier molecular flexibility index (Phi) is 4.86. The molecular formula is C15H23NO4. The van der Waals surface area contributed by atoms with E-state index in [9.17, 15) is 5.11 Å². The first-order valence-electron chi connectivity index (χ1n) is 6.95. The fourth-order valence-electron chi connectivity index (χ4n) is 2.03. The maximum atomic E-state index is 9.72. The van der Waals surface area contributed by atoms with Crippen LogP contribution in [0.25, 0.3) is 0 Å². The molecule has 5 heteroatoms. The van der Waals surface area contributed by atoms with Crippen molar-refractivity contribution in [3.8, 4) is 11.5 Å². The minimum atomic E-state index is -1.06. The molecule has 0 aromatic heterocycles. The van der Waals surface area contributed by atoms with E-state index in [1.807, 2.05) is 18.2 Å². The molecule has 2 unspecified atom stereocenters. The number of aliphatic hydroxyl groups excluding tert-OH is 1. The van der Waals surface area contributed by atoms with Gasteiger partial charge in [0.2, 0.25) is 6.79 Å². The number of nitrogens with one attached hydrogen (secondary N) is 1. The van der Waals surface area contributed by atoms with Crippen molar-refractivity contribution >= 4 is 0 Å². The zero-order valence-electron chi connectivity index (χ0n) is 12.1. The van der Waals surface area contributed by atoms with Crippen molar-refractivity contribution in [2.24, 2.45) is 0 Å². The van der Waals surface area contributed by atoms with Crippen LogP contribution in [0, 0.1) is 0 Å². The second-order valence-corrected chi connectivity index (χ2v) is 5.66. The molecule has 1 aromatic rings. The van der Waals surface area contributed by atoms with E-state index in [1.165, 1.54) is 5.56 Å². The molecule has 112 valence electrons. The minimum absolute atomic E-state index is 0.241. The standard InChI is InChI=1S/C15H23NO4/c1-11(16-8-15(2,18)9-17)3-4-12-5-6-13-14(7-12)20-10-19-13/h5-7,11,16-18H,3-4,8-10H2,1-2H3. The zero-order chi connectivity index (χ0) is 14.6. The monoisotopic (exact) mass is 281 g/mol. The minimum Gasteiger partial charge on any atom is -0.454 e. The molecule has 0 bridgehead atoms. The number of aryl methyl sites for hydroxylation is 1. The zero-order valence-corrected chi connectivity index (χ0v) is 12.1. The van der Waals surface area contributed by atoms with Crippen LogP contribution >= 0.6 is 0 Å². The van der Waals surface area contributed by atoms with Crippen molar-refractivity contribution in [2.45, 2.75) is 38.3 Å². The lowest BCUT2D eigenvalue weighted by molar-refractivity contribution is 0.000954. The molecule has 0 saturated carbocycles. The molecule has 0 amide bonds. The maximum absolute atomic E-state index is 9.72. The highest BCUT2D eigenvalue weighted by atomic mass is 16.7. The van der Waals surface area contributed by atoms with Crippen LogP contribution in [0.5, 0.6) is 11.5 Å². The van der Waals surface area contributed by atoms with Gasteiger partial charge < -0.3 is 25.0 Å². The average molecular weight is 281 g/mol. The Bertz CT molecular complexity index is 447. The Morgan fingerprint density at radius 2 is 2.10 bits per heavy atom. The van der Waals surface area contributed by atoms with Crippen LogP contribution in [0.15, 0.2) is 18.2 Å². The Morgan fingerprint density at radius 3 is 2.85 bits per heavy atom. The van der Waals surface area contributed by atoms with Crippen molar-refractivity contribution < 1.29 is 19.7 Å². The quantitative estimate of drug-likeness (QED) is 0.697. The SMILES string of the molecule is CC(CCc1ccc2c(c1)OCO2)NCC(C)(O)CO. The van der Waals surface area contributed by atoms with Crippen molar-refractivity contribution in [3.63, 3.8) is 0 Å². The number of ether oxygens (including phenoxy) is 2. The van der Waals surface area contributed by atoms with E-state index in [-0.39, 0.29) is 12.6 Å². The van der Waals surface area contributed by atoms with Gasteiger partial charge in [-0.3, -0.25) is 0 Å². The molecule has 1 aliphatic rings. The van der Waals surface area contributed by atoms with Crippen molar-refractivity contribution in [1.82, 2.24) is 5.32 Å². The first kappa shape index (κ1) is 15.1. The van der Waals surface area contributed by atoms with Gasteiger partial charge in [0.25, 0.3) is 0 Å². The van der Waals surface area contributed by atoms with Gasteiger partial charge in [-0.15, -0.1) is 0 Å². The lowest BCUT2D eigenvalue weighted by Gasteiger charge is -2.23. The third-order valence-electron chi connectivity index (χ3n) is 3.47. The lowest BCUT2D eigenvalue weighted by atomic mass is 10.0.